The maximum absolute atomic E-state index is 12.4. The molecule has 0 amide bonds. The maximum atomic E-state index is 12.4. The first-order valence-corrected chi connectivity index (χ1v) is 8.60. The Labute approximate surface area is 125 Å². The Hall–Kier alpha value is -1.40. The lowest BCUT2D eigenvalue weighted by Crippen LogP contribution is -2.39. The van der Waals surface area contributed by atoms with Crippen molar-refractivity contribution in [3.05, 3.63) is 29.3 Å². The van der Waals surface area contributed by atoms with Crippen molar-refractivity contribution in [1.29, 1.82) is 0 Å². The van der Waals surface area contributed by atoms with Crippen LogP contribution in [0.4, 0.5) is 0 Å². The average molecular weight is 311 g/mol. The van der Waals surface area contributed by atoms with Crippen molar-refractivity contribution < 1.29 is 18.3 Å². The molecule has 2 atom stereocenters. The van der Waals surface area contributed by atoms with E-state index >= 15 is 0 Å². The first-order valence-electron chi connectivity index (χ1n) is 7.12. The molecular formula is C15H21NO4S. The fourth-order valence-electron chi connectivity index (χ4n) is 2.69. The van der Waals surface area contributed by atoms with Crippen molar-refractivity contribution in [2.75, 3.05) is 0 Å². The summed E-state index contributed by atoms with van der Waals surface area (Å²) >= 11 is 0. The molecule has 1 saturated carbocycles. The van der Waals surface area contributed by atoms with Gasteiger partial charge in [-0.15, -0.1) is 0 Å². The van der Waals surface area contributed by atoms with Crippen LogP contribution in [0.1, 0.15) is 36.8 Å². The Balaban J connectivity index is 2.13. The molecule has 2 unspecified atom stereocenters. The number of hydrogen-bond donors (Lipinski definition) is 2. The van der Waals surface area contributed by atoms with Crippen LogP contribution in [0.5, 0.6) is 0 Å². The van der Waals surface area contributed by atoms with Gasteiger partial charge in [0.15, 0.2) is 0 Å². The third-order valence-electron chi connectivity index (χ3n) is 4.13. The van der Waals surface area contributed by atoms with Gasteiger partial charge in [0.1, 0.15) is 0 Å². The quantitative estimate of drug-likeness (QED) is 0.893. The van der Waals surface area contributed by atoms with Gasteiger partial charge in [0.2, 0.25) is 10.0 Å². The first kappa shape index (κ1) is 16.0. The monoisotopic (exact) mass is 311 g/mol. The zero-order chi connectivity index (χ0) is 15.6. The van der Waals surface area contributed by atoms with Gasteiger partial charge in [-0.25, -0.2) is 13.1 Å². The molecule has 1 aliphatic carbocycles. The number of carboxylic acid groups (broad SMARTS) is 1. The van der Waals surface area contributed by atoms with Crippen LogP contribution >= 0.6 is 0 Å². The lowest BCUT2D eigenvalue weighted by atomic mass is 9.86. The standard InChI is InChI=1S/C15H21NO4S/c1-10-6-7-14(8-11(10)2)21(19,20)16-13-5-3-4-12(9-13)15(17)18/h6-8,12-13,16H,3-5,9H2,1-2H3,(H,17,18). The largest absolute Gasteiger partial charge is 0.481 e. The number of benzene rings is 1. The van der Waals surface area contributed by atoms with Gasteiger partial charge in [0.25, 0.3) is 0 Å². The van der Waals surface area contributed by atoms with Crippen molar-refractivity contribution in [2.24, 2.45) is 5.92 Å². The summed E-state index contributed by atoms with van der Waals surface area (Å²) in [4.78, 5) is 11.3. The molecule has 0 aliphatic heterocycles. The van der Waals surface area contributed by atoms with Crippen LogP contribution in [0.25, 0.3) is 0 Å². The number of carboxylic acids is 1. The molecule has 2 N–H and O–H groups in total. The molecule has 116 valence electrons. The summed E-state index contributed by atoms with van der Waals surface area (Å²) in [7, 11) is -3.59. The van der Waals surface area contributed by atoms with Crippen LogP contribution in [0, 0.1) is 19.8 Å². The third kappa shape index (κ3) is 3.83. The predicted molar refractivity (Wildman–Crippen MR) is 79.6 cm³/mol. The second-order valence-electron chi connectivity index (χ2n) is 5.77. The number of rotatable bonds is 4. The van der Waals surface area contributed by atoms with Gasteiger partial charge in [-0.3, -0.25) is 4.79 Å². The molecule has 0 heterocycles. The predicted octanol–water partition coefficient (Wildman–Crippen LogP) is 2.23. The van der Waals surface area contributed by atoms with Crippen LogP contribution < -0.4 is 4.72 Å². The van der Waals surface area contributed by atoms with Crippen LogP contribution in [0.2, 0.25) is 0 Å². The molecule has 6 heteroatoms. The zero-order valence-electron chi connectivity index (χ0n) is 12.3. The van der Waals surface area contributed by atoms with Crippen LogP contribution in [-0.4, -0.2) is 25.5 Å². The molecule has 0 spiro atoms. The molecule has 0 bridgehead atoms. The molecule has 2 rings (SSSR count). The van der Waals surface area contributed by atoms with E-state index in [1.807, 2.05) is 13.8 Å². The van der Waals surface area contributed by atoms with E-state index < -0.39 is 21.9 Å². The van der Waals surface area contributed by atoms with Gasteiger partial charge in [-0.05, 0) is 56.4 Å². The number of aryl methyl sites for hydroxylation is 2. The molecule has 5 nitrogen and oxygen atoms in total. The highest BCUT2D eigenvalue weighted by Gasteiger charge is 2.30. The molecule has 0 saturated heterocycles. The average Bonchev–Trinajstić information content (AvgIpc) is 2.41. The van der Waals surface area contributed by atoms with Gasteiger partial charge < -0.3 is 5.11 Å². The van der Waals surface area contributed by atoms with E-state index in [0.29, 0.717) is 19.3 Å². The minimum atomic E-state index is -3.59. The lowest BCUT2D eigenvalue weighted by molar-refractivity contribution is -0.143. The van der Waals surface area contributed by atoms with Crippen molar-refractivity contribution in [2.45, 2.75) is 50.5 Å². The fraction of sp³-hybridized carbons (Fsp3) is 0.533. The summed E-state index contributed by atoms with van der Waals surface area (Å²) in [6, 6.07) is 4.72. The van der Waals surface area contributed by atoms with Gasteiger partial charge in [-0.1, -0.05) is 12.5 Å². The van der Waals surface area contributed by atoms with Crippen LogP contribution in [-0.2, 0) is 14.8 Å². The van der Waals surface area contributed by atoms with Crippen LogP contribution in [0.3, 0.4) is 0 Å². The molecule has 1 aromatic rings. The number of hydrogen-bond acceptors (Lipinski definition) is 3. The van der Waals surface area contributed by atoms with E-state index in [-0.39, 0.29) is 10.9 Å². The fourth-order valence-corrected chi connectivity index (χ4v) is 4.06. The molecule has 0 radical (unpaired) electrons. The zero-order valence-corrected chi connectivity index (χ0v) is 13.1. The first-order chi connectivity index (χ1) is 9.79. The molecule has 1 fully saturated rings. The van der Waals surface area contributed by atoms with E-state index in [4.69, 9.17) is 5.11 Å². The van der Waals surface area contributed by atoms with E-state index in [0.717, 1.165) is 17.5 Å². The van der Waals surface area contributed by atoms with Gasteiger partial charge in [0, 0.05) is 6.04 Å². The molecule has 1 aromatic carbocycles. The molecule has 0 aromatic heterocycles. The second-order valence-corrected chi connectivity index (χ2v) is 7.48. The van der Waals surface area contributed by atoms with Crippen LogP contribution in [0.15, 0.2) is 23.1 Å². The summed E-state index contributed by atoms with van der Waals surface area (Å²) in [5.41, 5.74) is 1.96. The maximum Gasteiger partial charge on any atom is 0.306 e. The van der Waals surface area contributed by atoms with Gasteiger partial charge in [-0.2, -0.15) is 0 Å². The summed E-state index contributed by atoms with van der Waals surface area (Å²) in [5.74, 6) is -1.30. The van der Waals surface area contributed by atoms with Crippen molar-refractivity contribution >= 4 is 16.0 Å². The van der Waals surface area contributed by atoms with Crippen molar-refractivity contribution in [1.82, 2.24) is 4.72 Å². The topological polar surface area (TPSA) is 83.5 Å². The number of carbonyl (C=O) groups is 1. The number of nitrogens with one attached hydrogen (secondary N) is 1. The summed E-state index contributed by atoms with van der Waals surface area (Å²) in [5, 5.41) is 9.06. The normalized spacial score (nSPS) is 23.0. The summed E-state index contributed by atoms with van der Waals surface area (Å²) < 4.78 is 27.4. The highest BCUT2D eigenvalue weighted by Crippen LogP contribution is 2.26. The minimum Gasteiger partial charge on any atom is -0.481 e. The Kier molecular flexibility index (Phi) is 4.68. The van der Waals surface area contributed by atoms with E-state index in [1.165, 1.54) is 0 Å². The van der Waals surface area contributed by atoms with Gasteiger partial charge in [0.05, 0.1) is 10.8 Å². The van der Waals surface area contributed by atoms with E-state index in [9.17, 15) is 13.2 Å². The summed E-state index contributed by atoms with van der Waals surface area (Å²) in [6.45, 7) is 3.80. The highest BCUT2D eigenvalue weighted by molar-refractivity contribution is 7.89. The lowest BCUT2D eigenvalue weighted by Gasteiger charge is -2.27. The summed E-state index contributed by atoms with van der Waals surface area (Å²) in [6.07, 6.45) is 2.40. The SMILES string of the molecule is Cc1ccc(S(=O)(=O)NC2CCCC(C(=O)O)C2)cc1C. The molecule has 1 aliphatic rings. The Morgan fingerprint density at radius 3 is 2.57 bits per heavy atom. The Morgan fingerprint density at radius 1 is 1.24 bits per heavy atom. The third-order valence-corrected chi connectivity index (χ3v) is 5.65. The van der Waals surface area contributed by atoms with Gasteiger partial charge >= 0.3 is 5.97 Å². The second kappa shape index (κ2) is 6.15. The highest BCUT2D eigenvalue weighted by atomic mass is 32.2. The van der Waals surface area contributed by atoms with Crippen molar-refractivity contribution in [3.63, 3.8) is 0 Å². The van der Waals surface area contributed by atoms with E-state index in [2.05, 4.69) is 4.72 Å². The van der Waals surface area contributed by atoms with E-state index in [1.54, 1.807) is 18.2 Å². The Bertz CT molecular complexity index is 639. The smallest absolute Gasteiger partial charge is 0.306 e. The number of aliphatic carboxylic acids is 1. The minimum absolute atomic E-state index is 0.239. The molecule has 21 heavy (non-hydrogen) atoms. The number of sulfonamides is 1. The van der Waals surface area contributed by atoms with Crippen molar-refractivity contribution in [3.8, 4) is 0 Å². The molecular weight excluding hydrogens is 290 g/mol. The Morgan fingerprint density at radius 2 is 1.95 bits per heavy atom.